The third-order valence-corrected chi connectivity index (χ3v) is 5.50. The highest BCUT2D eigenvalue weighted by atomic mass is 127. The fourth-order valence-electron chi connectivity index (χ4n) is 1.94. The molecule has 0 bridgehead atoms. The Morgan fingerprint density at radius 2 is 0.714 bits per heavy atom. The SMILES string of the molecule is C[C@@H](Oc1c(F)c(F)c(I)c(F)c1F)[C@@H](C)Oc1c(F)c(F)c(I)c(F)c1F. The second-order valence-corrected chi connectivity index (χ2v) is 7.60. The Kier molecular flexibility index (Phi) is 7.26. The van der Waals surface area contributed by atoms with Crippen LogP contribution in [0.25, 0.3) is 0 Å². The van der Waals surface area contributed by atoms with Crippen molar-refractivity contribution in [3.63, 3.8) is 0 Å². The summed E-state index contributed by atoms with van der Waals surface area (Å²) in [5.41, 5.74) is 0. The average Bonchev–Trinajstić information content (AvgIpc) is 2.67. The van der Waals surface area contributed by atoms with E-state index in [0.29, 0.717) is 0 Å². The largest absolute Gasteiger partial charge is 0.481 e. The van der Waals surface area contributed by atoms with Gasteiger partial charge in [-0.05, 0) is 59.0 Å². The number of benzene rings is 2. The fraction of sp³-hybridized carbons (Fsp3) is 0.250. The smallest absolute Gasteiger partial charge is 0.205 e. The molecule has 2 aromatic carbocycles. The van der Waals surface area contributed by atoms with Crippen molar-refractivity contribution in [2.24, 2.45) is 0 Å². The molecule has 154 valence electrons. The minimum atomic E-state index is -1.83. The highest BCUT2D eigenvalue weighted by molar-refractivity contribution is 14.1. The predicted octanol–water partition coefficient (Wildman–Crippen LogP) is 6.24. The molecule has 0 fully saturated rings. The predicted molar refractivity (Wildman–Crippen MR) is 98.2 cm³/mol. The van der Waals surface area contributed by atoms with E-state index in [4.69, 9.17) is 9.47 Å². The standard InChI is InChI=1S/C16H8F8I2O2/c1-3(27-15-9(21)5(17)13(25)6(18)10(15)22)4(2)28-16-11(23)7(19)14(26)8(20)12(16)24/h3-4H,1-2H3/t3-,4-/m1/s1. The molecule has 2 aromatic rings. The van der Waals surface area contributed by atoms with Crippen LogP contribution < -0.4 is 9.47 Å². The van der Waals surface area contributed by atoms with Crippen LogP contribution >= 0.6 is 45.2 Å². The lowest BCUT2D eigenvalue weighted by Gasteiger charge is -2.24. The molecular formula is C16H8F8I2O2. The van der Waals surface area contributed by atoms with E-state index in [9.17, 15) is 35.1 Å². The lowest BCUT2D eigenvalue weighted by atomic mass is 10.2. The maximum absolute atomic E-state index is 13.9. The van der Waals surface area contributed by atoms with Gasteiger partial charge in [-0.3, -0.25) is 0 Å². The lowest BCUT2D eigenvalue weighted by Crippen LogP contribution is -2.33. The Morgan fingerprint density at radius 3 is 0.929 bits per heavy atom. The van der Waals surface area contributed by atoms with Gasteiger partial charge in [-0.15, -0.1) is 0 Å². The van der Waals surface area contributed by atoms with Gasteiger partial charge in [0.2, 0.25) is 23.3 Å². The normalized spacial score (nSPS) is 13.4. The summed E-state index contributed by atoms with van der Waals surface area (Å²) in [7, 11) is 0. The third kappa shape index (κ3) is 4.11. The quantitative estimate of drug-likeness (QED) is 0.167. The van der Waals surface area contributed by atoms with Gasteiger partial charge in [0.05, 0.1) is 7.14 Å². The zero-order valence-electron chi connectivity index (χ0n) is 13.8. The molecule has 0 amide bonds. The van der Waals surface area contributed by atoms with Crippen LogP contribution in [0.1, 0.15) is 13.8 Å². The Balaban J connectivity index is 2.33. The van der Waals surface area contributed by atoms with Gasteiger partial charge in [-0.1, -0.05) is 0 Å². The summed E-state index contributed by atoms with van der Waals surface area (Å²) in [6.45, 7) is 2.18. The first kappa shape index (κ1) is 23.2. The van der Waals surface area contributed by atoms with E-state index in [1.807, 2.05) is 0 Å². The number of rotatable bonds is 5. The Labute approximate surface area is 180 Å². The maximum atomic E-state index is 13.9. The molecule has 0 N–H and O–H groups in total. The van der Waals surface area contributed by atoms with Gasteiger partial charge in [0.1, 0.15) is 12.2 Å². The molecule has 0 aliphatic carbocycles. The molecule has 2 atom stereocenters. The Morgan fingerprint density at radius 1 is 0.500 bits per heavy atom. The van der Waals surface area contributed by atoms with Gasteiger partial charge in [0, 0.05) is 0 Å². The van der Waals surface area contributed by atoms with Gasteiger partial charge in [-0.25, -0.2) is 17.6 Å². The van der Waals surface area contributed by atoms with E-state index in [-0.39, 0.29) is 0 Å². The van der Waals surface area contributed by atoms with Crippen molar-refractivity contribution in [1.82, 2.24) is 0 Å². The molecule has 28 heavy (non-hydrogen) atoms. The van der Waals surface area contributed by atoms with Crippen LogP contribution in [0.5, 0.6) is 11.5 Å². The molecule has 0 unspecified atom stereocenters. The van der Waals surface area contributed by atoms with Crippen molar-refractivity contribution in [2.75, 3.05) is 0 Å². The van der Waals surface area contributed by atoms with Crippen molar-refractivity contribution in [3.05, 3.63) is 53.7 Å². The molecule has 0 aromatic heterocycles. The summed E-state index contributed by atoms with van der Waals surface area (Å²) in [4.78, 5) is 0. The molecule has 0 aliphatic rings. The molecule has 0 radical (unpaired) electrons. The molecule has 0 saturated carbocycles. The van der Waals surface area contributed by atoms with Gasteiger partial charge in [-0.2, -0.15) is 17.6 Å². The number of ether oxygens (including phenoxy) is 2. The van der Waals surface area contributed by atoms with Crippen LogP contribution in [0.15, 0.2) is 0 Å². The first-order chi connectivity index (χ1) is 12.9. The summed E-state index contributed by atoms with van der Waals surface area (Å²) >= 11 is 2.10. The van der Waals surface area contributed by atoms with Crippen LogP contribution in [0.2, 0.25) is 0 Å². The van der Waals surface area contributed by atoms with Crippen molar-refractivity contribution in [1.29, 1.82) is 0 Å². The molecular weight excluding hydrogens is 630 g/mol. The van der Waals surface area contributed by atoms with Gasteiger partial charge in [0.15, 0.2) is 34.8 Å². The second-order valence-electron chi connectivity index (χ2n) is 5.44. The fourth-order valence-corrected chi connectivity index (χ4v) is 2.89. The summed E-state index contributed by atoms with van der Waals surface area (Å²) in [6.07, 6.45) is -2.90. The summed E-state index contributed by atoms with van der Waals surface area (Å²) in [5.74, 6) is -16.9. The highest BCUT2D eigenvalue weighted by Crippen LogP contribution is 2.34. The minimum Gasteiger partial charge on any atom is -0.481 e. The topological polar surface area (TPSA) is 18.5 Å². The molecule has 2 rings (SSSR count). The van der Waals surface area contributed by atoms with Crippen LogP contribution in [-0.4, -0.2) is 12.2 Å². The van der Waals surface area contributed by atoms with Crippen molar-refractivity contribution >= 4 is 45.2 Å². The van der Waals surface area contributed by atoms with Crippen molar-refractivity contribution in [3.8, 4) is 11.5 Å². The summed E-state index contributed by atoms with van der Waals surface area (Å²) < 4.78 is 117. The minimum absolute atomic E-state index is 0.939. The van der Waals surface area contributed by atoms with Gasteiger partial charge in [0.25, 0.3) is 0 Å². The van der Waals surface area contributed by atoms with Crippen molar-refractivity contribution < 1.29 is 44.6 Å². The molecule has 0 spiro atoms. The van der Waals surface area contributed by atoms with Gasteiger partial charge >= 0.3 is 0 Å². The van der Waals surface area contributed by atoms with Crippen LogP contribution in [0.4, 0.5) is 35.1 Å². The van der Waals surface area contributed by atoms with E-state index in [2.05, 4.69) is 0 Å². The zero-order valence-corrected chi connectivity index (χ0v) is 18.1. The van der Waals surface area contributed by atoms with E-state index in [1.54, 1.807) is 0 Å². The molecule has 0 heterocycles. The molecule has 0 aliphatic heterocycles. The maximum Gasteiger partial charge on any atom is 0.205 e. The van der Waals surface area contributed by atoms with Crippen LogP contribution in [0.3, 0.4) is 0 Å². The lowest BCUT2D eigenvalue weighted by molar-refractivity contribution is 0.0634. The van der Waals surface area contributed by atoms with Crippen LogP contribution in [-0.2, 0) is 0 Å². The second kappa shape index (κ2) is 8.75. The van der Waals surface area contributed by atoms with Crippen LogP contribution in [0, 0.1) is 53.7 Å². The van der Waals surface area contributed by atoms with E-state index in [0.717, 1.165) is 59.0 Å². The van der Waals surface area contributed by atoms with Gasteiger partial charge < -0.3 is 9.47 Å². The molecule has 2 nitrogen and oxygen atoms in total. The third-order valence-electron chi connectivity index (χ3n) is 3.61. The molecule has 0 saturated heterocycles. The zero-order chi connectivity index (χ0) is 21.5. The molecule has 12 heteroatoms. The first-order valence-electron chi connectivity index (χ1n) is 7.26. The number of hydrogen-bond donors (Lipinski definition) is 0. The highest BCUT2D eigenvalue weighted by Gasteiger charge is 2.31. The average molecular weight is 638 g/mol. The van der Waals surface area contributed by atoms with E-state index < -0.39 is 77.4 Å². The monoisotopic (exact) mass is 638 g/mol. The Hall–Kier alpha value is -1.06. The first-order valence-corrected chi connectivity index (χ1v) is 9.42. The summed E-state index contributed by atoms with van der Waals surface area (Å²) in [5, 5.41) is 0. The van der Waals surface area contributed by atoms with E-state index in [1.165, 1.54) is 0 Å². The van der Waals surface area contributed by atoms with Crippen molar-refractivity contribution in [2.45, 2.75) is 26.1 Å². The number of hydrogen-bond acceptors (Lipinski definition) is 2. The summed E-state index contributed by atoms with van der Waals surface area (Å²) in [6, 6.07) is 0. The number of halogens is 10. The van der Waals surface area contributed by atoms with E-state index >= 15 is 0 Å². The Bertz CT molecular complexity index is 804.